The number of aliphatic hydroxyl groups is 2. The van der Waals surface area contributed by atoms with E-state index >= 15 is 0 Å². The summed E-state index contributed by atoms with van der Waals surface area (Å²) in [4.78, 5) is 28.2. The molecule has 1 amide bonds. The van der Waals surface area contributed by atoms with E-state index in [2.05, 4.69) is 17.2 Å². The van der Waals surface area contributed by atoms with Crippen molar-refractivity contribution in [2.24, 2.45) is 16.5 Å². The molecule has 0 aromatic heterocycles. The highest BCUT2D eigenvalue weighted by Gasteiger charge is 2.45. The summed E-state index contributed by atoms with van der Waals surface area (Å²) in [5, 5.41) is 21.4. The predicted octanol–water partition coefficient (Wildman–Crippen LogP) is 1.18. The number of nitrogens with one attached hydrogen (secondary N) is 1. The van der Waals surface area contributed by atoms with Crippen molar-refractivity contribution in [3.05, 3.63) is 11.8 Å². The average molecular weight is 489 g/mol. The quantitative estimate of drug-likeness (QED) is 0.0933. The number of carbonyl (C=O) groups is 2. The maximum absolute atomic E-state index is 14.9. The highest BCUT2D eigenvalue weighted by molar-refractivity contribution is 5.87. The molecule has 10 nitrogen and oxygen atoms in total. The van der Waals surface area contributed by atoms with Crippen molar-refractivity contribution in [3.63, 3.8) is 0 Å². The van der Waals surface area contributed by atoms with E-state index in [9.17, 15) is 19.1 Å². The first-order chi connectivity index (χ1) is 16.2. The van der Waals surface area contributed by atoms with Crippen molar-refractivity contribution >= 4 is 17.8 Å². The largest absolute Gasteiger partial charge is 0.478 e. The van der Waals surface area contributed by atoms with Gasteiger partial charge >= 0.3 is 5.97 Å². The summed E-state index contributed by atoms with van der Waals surface area (Å²) < 4.78 is 25.6. The van der Waals surface area contributed by atoms with E-state index in [0.717, 1.165) is 19.3 Å². The number of hydrogen-bond acceptors (Lipinski definition) is 7. The molecule has 0 aromatic rings. The minimum Gasteiger partial charge on any atom is -0.478 e. The van der Waals surface area contributed by atoms with Crippen LogP contribution in [-0.4, -0.2) is 71.7 Å². The lowest BCUT2D eigenvalue weighted by molar-refractivity contribution is -0.148. The fourth-order valence-electron chi connectivity index (χ4n) is 3.75. The van der Waals surface area contributed by atoms with Crippen LogP contribution in [0.5, 0.6) is 0 Å². The van der Waals surface area contributed by atoms with Crippen LogP contribution in [0.25, 0.3) is 0 Å². The van der Waals surface area contributed by atoms with Crippen LogP contribution in [0.1, 0.15) is 71.6 Å². The summed E-state index contributed by atoms with van der Waals surface area (Å²) in [6.45, 7) is 2.67. The molecule has 0 saturated carbocycles. The molecule has 1 aliphatic heterocycles. The minimum atomic E-state index is -2.15. The number of aliphatic hydroxyl groups excluding tert-OH is 2. The van der Waals surface area contributed by atoms with Crippen LogP contribution in [0.4, 0.5) is 4.39 Å². The van der Waals surface area contributed by atoms with Crippen LogP contribution in [-0.2, 0) is 19.1 Å². The zero-order valence-electron chi connectivity index (χ0n) is 20.2. The summed E-state index contributed by atoms with van der Waals surface area (Å²) >= 11 is 0. The normalized spacial score (nSPS) is 21.6. The Morgan fingerprint density at radius 1 is 1.18 bits per heavy atom. The van der Waals surface area contributed by atoms with Crippen LogP contribution >= 0.6 is 0 Å². The molecule has 0 fully saturated rings. The topological polar surface area (TPSA) is 169 Å². The average Bonchev–Trinajstić information content (AvgIpc) is 2.79. The number of esters is 1. The number of ether oxygens (including phenoxy) is 2. The summed E-state index contributed by atoms with van der Waals surface area (Å²) in [7, 11) is 0. The highest BCUT2D eigenvalue weighted by Crippen LogP contribution is 2.27. The number of hydrogen-bond donors (Lipinski definition) is 5. The number of guanidine groups is 1. The fraction of sp³-hybridized carbons (Fsp3) is 0.783. The first-order valence-corrected chi connectivity index (χ1v) is 12.1. The van der Waals surface area contributed by atoms with Crippen molar-refractivity contribution in [1.29, 1.82) is 0 Å². The minimum absolute atomic E-state index is 0.167. The number of carbonyl (C=O) groups excluding carboxylic acids is 2. The first-order valence-electron chi connectivity index (χ1n) is 12.1. The van der Waals surface area contributed by atoms with Gasteiger partial charge in [-0.1, -0.05) is 58.3 Å². The van der Waals surface area contributed by atoms with Crippen molar-refractivity contribution in [1.82, 2.24) is 5.32 Å². The monoisotopic (exact) mass is 488 g/mol. The zero-order chi connectivity index (χ0) is 25.5. The molecule has 5 atom stereocenters. The molecule has 4 unspecified atom stereocenters. The summed E-state index contributed by atoms with van der Waals surface area (Å²) in [6.07, 6.45) is 5.74. The van der Waals surface area contributed by atoms with Crippen LogP contribution < -0.4 is 16.8 Å². The zero-order valence-corrected chi connectivity index (χ0v) is 20.2. The van der Waals surface area contributed by atoms with Gasteiger partial charge in [-0.3, -0.25) is 4.79 Å². The molecule has 0 radical (unpaired) electrons. The first kappa shape index (κ1) is 29.6. The Hall–Kier alpha value is -2.40. The summed E-state index contributed by atoms with van der Waals surface area (Å²) in [5.74, 6) is -2.03. The van der Waals surface area contributed by atoms with Gasteiger partial charge < -0.3 is 36.5 Å². The molecule has 1 aliphatic rings. The molecule has 0 saturated heterocycles. The Balaban J connectivity index is 2.74. The van der Waals surface area contributed by atoms with E-state index in [1.807, 2.05) is 0 Å². The Morgan fingerprint density at radius 3 is 2.29 bits per heavy atom. The molecule has 196 valence electrons. The lowest BCUT2D eigenvalue weighted by Crippen LogP contribution is -2.58. The SMILES string of the molecule is CCCCCCCCCCCOC(=O)C1=CC(N=C(N)N)C(NC(C)=O)[C@H](C(F)C(O)CO)O1. The van der Waals surface area contributed by atoms with E-state index in [1.54, 1.807) is 0 Å². The third-order valence-electron chi connectivity index (χ3n) is 5.53. The number of nitrogens with zero attached hydrogens (tertiary/aromatic N) is 1. The molecule has 34 heavy (non-hydrogen) atoms. The molecular formula is C23H41FN4O6. The van der Waals surface area contributed by atoms with Crippen molar-refractivity contribution in [2.75, 3.05) is 13.2 Å². The number of rotatable bonds is 16. The summed E-state index contributed by atoms with van der Waals surface area (Å²) in [6, 6.07) is -2.18. The highest BCUT2D eigenvalue weighted by atomic mass is 19.1. The second kappa shape index (κ2) is 16.3. The third-order valence-corrected chi connectivity index (χ3v) is 5.53. The molecule has 1 heterocycles. The maximum Gasteiger partial charge on any atom is 0.373 e. The Morgan fingerprint density at radius 2 is 1.76 bits per heavy atom. The standard InChI is InChI=1S/C23H41FN4O6/c1-3-4-5-6-7-8-9-10-11-12-33-22(32)18-13-16(28-23(25)26)20(27-15(2)30)21(34-18)19(24)17(31)14-29/h13,16-17,19-21,29,31H,3-12,14H2,1-2H3,(H,27,30)(H4,25,26,28)/t16?,17?,19?,20?,21-/m0/s1. The molecule has 1 rings (SSSR count). The smallest absolute Gasteiger partial charge is 0.373 e. The Kier molecular flexibility index (Phi) is 14.2. The molecule has 0 aliphatic carbocycles. The van der Waals surface area contributed by atoms with Crippen molar-refractivity contribution in [3.8, 4) is 0 Å². The number of aliphatic imine (C=N–C) groups is 1. The van der Waals surface area contributed by atoms with E-state index in [4.69, 9.17) is 26.0 Å². The van der Waals surface area contributed by atoms with Crippen LogP contribution in [0.3, 0.4) is 0 Å². The lowest BCUT2D eigenvalue weighted by Gasteiger charge is -2.37. The van der Waals surface area contributed by atoms with Crippen LogP contribution in [0.2, 0.25) is 0 Å². The fourth-order valence-corrected chi connectivity index (χ4v) is 3.75. The number of alkyl halides is 1. The third kappa shape index (κ3) is 10.7. The maximum atomic E-state index is 14.9. The molecule has 11 heteroatoms. The van der Waals surface area contributed by atoms with Crippen molar-refractivity contribution < 1.29 is 33.7 Å². The van der Waals surface area contributed by atoms with Gasteiger partial charge in [-0.25, -0.2) is 14.2 Å². The van der Waals surface area contributed by atoms with E-state index in [0.29, 0.717) is 6.42 Å². The predicted molar refractivity (Wildman–Crippen MR) is 126 cm³/mol. The van der Waals surface area contributed by atoms with Crippen LogP contribution in [0, 0.1) is 0 Å². The number of halogens is 1. The van der Waals surface area contributed by atoms with E-state index in [-0.39, 0.29) is 18.3 Å². The van der Waals surface area contributed by atoms with Gasteiger partial charge in [0, 0.05) is 6.92 Å². The van der Waals surface area contributed by atoms with Gasteiger partial charge in [-0.15, -0.1) is 0 Å². The number of amides is 1. The van der Waals surface area contributed by atoms with Crippen LogP contribution in [0.15, 0.2) is 16.8 Å². The Bertz CT molecular complexity index is 686. The second-order valence-corrected chi connectivity index (χ2v) is 8.54. The van der Waals surface area contributed by atoms with Crippen molar-refractivity contribution in [2.45, 2.75) is 102 Å². The molecule has 0 spiro atoms. The van der Waals surface area contributed by atoms with Gasteiger partial charge in [0.15, 0.2) is 18.2 Å². The van der Waals surface area contributed by atoms with Gasteiger partial charge in [-0.05, 0) is 12.5 Å². The van der Waals surface area contributed by atoms with Gasteiger partial charge in [-0.2, -0.15) is 0 Å². The number of unbranched alkanes of at least 4 members (excludes halogenated alkanes) is 8. The molecule has 0 aromatic carbocycles. The Labute approximate surface area is 201 Å². The van der Waals surface area contributed by atoms with Gasteiger partial charge in [0.2, 0.25) is 11.7 Å². The molecular weight excluding hydrogens is 447 g/mol. The molecule has 0 bridgehead atoms. The lowest BCUT2D eigenvalue weighted by atomic mass is 9.93. The second-order valence-electron chi connectivity index (χ2n) is 8.54. The van der Waals surface area contributed by atoms with Gasteiger partial charge in [0.05, 0.1) is 25.3 Å². The molecule has 7 N–H and O–H groups in total. The number of nitrogens with two attached hydrogens (primary N) is 2. The van der Waals surface area contributed by atoms with E-state index in [1.165, 1.54) is 45.1 Å². The van der Waals surface area contributed by atoms with E-state index < -0.39 is 48.9 Å². The summed E-state index contributed by atoms with van der Waals surface area (Å²) in [5.41, 5.74) is 10.9. The van der Waals surface area contributed by atoms with Gasteiger partial charge in [0.25, 0.3) is 0 Å². The van der Waals surface area contributed by atoms with Gasteiger partial charge in [0.1, 0.15) is 6.10 Å².